The molecule has 0 bridgehead atoms. The molecule has 0 amide bonds. The summed E-state index contributed by atoms with van der Waals surface area (Å²) in [5.74, 6) is 3.69. The van der Waals surface area contributed by atoms with Gasteiger partial charge in [0.25, 0.3) is 0 Å². The second-order valence-corrected chi connectivity index (χ2v) is 10.8. The predicted molar refractivity (Wildman–Crippen MR) is 103 cm³/mol. The van der Waals surface area contributed by atoms with Gasteiger partial charge in [-0.1, -0.05) is 13.8 Å². The monoisotopic (exact) mass is 362 g/mol. The topological polar surface area (TPSA) is 46.5 Å². The van der Waals surface area contributed by atoms with Crippen LogP contribution >= 0.6 is 0 Å². The highest BCUT2D eigenvalue weighted by atomic mass is 16.5. The van der Waals surface area contributed by atoms with E-state index in [1.165, 1.54) is 32.1 Å². The molecule has 0 aromatic carbocycles. The van der Waals surface area contributed by atoms with E-state index in [2.05, 4.69) is 13.8 Å². The maximum atomic E-state index is 12.3. The fourth-order valence-corrected chi connectivity index (χ4v) is 8.39. The summed E-state index contributed by atoms with van der Waals surface area (Å²) in [6, 6.07) is 0. The Balaban J connectivity index is 1.56. The zero-order chi connectivity index (χ0) is 18.7. The van der Waals surface area contributed by atoms with Crippen molar-refractivity contribution in [3.05, 3.63) is 0 Å². The highest BCUT2D eigenvalue weighted by molar-refractivity contribution is 5.79. The lowest BCUT2D eigenvalue weighted by Crippen LogP contribution is -2.56. The van der Waals surface area contributed by atoms with Crippen LogP contribution in [0.25, 0.3) is 0 Å². The lowest BCUT2D eigenvalue weighted by molar-refractivity contribution is -0.163. The van der Waals surface area contributed by atoms with Crippen molar-refractivity contribution >= 4 is 5.78 Å². The minimum atomic E-state index is -0.609. The molecule has 3 heteroatoms. The number of carbonyl (C=O) groups excluding carboxylic acids is 1. The molecule has 0 aromatic heterocycles. The summed E-state index contributed by atoms with van der Waals surface area (Å²) in [6.07, 6.45) is 10.4. The van der Waals surface area contributed by atoms with Crippen LogP contribution in [0.2, 0.25) is 0 Å². The summed E-state index contributed by atoms with van der Waals surface area (Å²) in [4.78, 5) is 12.3. The van der Waals surface area contributed by atoms with Gasteiger partial charge >= 0.3 is 0 Å². The smallest absolute Gasteiger partial charge is 0.133 e. The molecule has 0 radical (unpaired) electrons. The van der Waals surface area contributed by atoms with Crippen molar-refractivity contribution < 1.29 is 14.6 Å². The molecule has 3 nitrogen and oxygen atoms in total. The quantitative estimate of drug-likeness (QED) is 0.797. The average molecular weight is 363 g/mol. The first-order valence-corrected chi connectivity index (χ1v) is 11.0. The Hall–Kier alpha value is -0.410. The molecule has 4 fully saturated rings. The van der Waals surface area contributed by atoms with E-state index >= 15 is 0 Å². The van der Waals surface area contributed by atoms with E-state index in [1.807, 2.05) is 6.92 Å². The zero-order valence-corrected chi connectivity index (χ0v) is 17.2. The van der Waals surface area contributed by atoms with Crippen molar-refractivity contribution in [3.8, 4) is 0 Å². The fraction of sp³-hybridized carbons (Fsp3) is 0.957. The molecule has 4 aliphatic rings. The number of ketones is 1. The Morgan fingerprint density at radius 2 is 1.73 bits per heavy atom. The molecule has 0 aliphatic heterocycles. The van der Waals surface area contributed by atoms with E-state index in [0.717, 1.165) is 43.4 Å². The van der Waals surface area contributed by atoms with Crippen LogP contribution in [0.15, 0.2) is 0 Å². The molecule has 0 saturated heterocycles. The highest BCUT2D eigenvalue weighted by Crippen LogP contribution is 2.68. The number of hydrogen-bond acceptors (Lipinski definition) is 3. The van der Waals surface area contributed by atoms with E-state index in [-0.39, 0.29) is 5.41 Å². The number of fused-ring (bicyclic) bond motifs is 5. The second-order valence-electron chi connectivity index (χ2n) is 10.8. The third-order valence-electron chi connectivity index (χ3n) is 9.72. The number of Topliss-reactive ketones (excluding diaryl/α,β-unsaturated/α-hetero) is 1. The molecule has 0 spiro atoms. The molecule has 26 heavy (non-hydrogen) atoms. The Bertz CT molecular complexity index is 574. The first kappa shape index (κ1) is 18.9. The maximum Gasteiger partial charge on any atom is 0.133 e. The third kappa shape index (κ3) is 2.64. The van der Waals surface area contributed by atoms with Crippen LogP contribution in [0.5, 0.6) is 0 Å². The van der Waals surface area contributed by atoms with Gasteiger partial charge in [-0.05, 0) is 99.2 Å². The van der Waals surface area contributed by atoms with Gasteiger partial charge in [0.1, 0.15) is 5.78 Å². The Labute approximate surface area is 159 Å². The summed E-state index contributed by atoms with van der Waals surface area (Å²) in [5.41, 5.74) is 0.0161. The third-order valence-corrected chi connectivity index (χ3v) is 9.72. The second kappa shape index (κ2) is 6.30. The molecule has 0 unspecified atom stereocenters. The van der Waals surface area contributed by atoms with Crippen LogP contribution in [-0.2, 0) is 9.53 Å². The van der Waals surface area contributed by atoms with E-state index in [1.54, 1.807) is 7.11 Å². The maximum absolute atomic E-state index is 12.3. The normalized spacial score (nSPS) is 53.5. The number of rotatable bonds is 3. The van der Waals surface area contributed by atoms with Crippen LogP contribution in [0.4, 0.5) is 0 Å². The van der Waals surface area contributed by atoms with E-state index in [0.29, 0.717) is 29.6 Å². The Morgan fingerprint density at radius 3 is 2.42 bits per heavy atom. The lowest BCUT2D eigenvalue weighted by atomic mass is 9.44. The highest BCUT2D eigenvalue weighted by Gasteiger charge is 2.61. The van der Waals surface area contributed by atoms with Crippen LogP contribution in [-0.4, -0.2) is 30.2 Å². The zero-order valence-electron chi connectivity index (χ0n) is 17.2. The van der Waals surface area contributed by atoms with Gasteiger partial charge in [0.15, 0.2) is 0 Å². The van der Waals surface area contributed by atoms with Crippen LogP contribution < -0.4 is 0 Å². The first-order valence-electron chi connectivity index (χ1n) is 11.0. The van der Waals surface area contributed by atoms with Gasteiger partial charge in [-0.15, -0.1) is 0 Å². The van der Waals surface area contributed by atoms with Crippen molar-refractivity contribution in [1.82, 2.24) is 0 Å². The number of aliphatic hydroxyl groups is 1. The molecule has 8 atom stereocenters. The number of hydrogen-bond donors (Lipinski definition) is 1. The molecule has 4 rings (SSSR count). The van der Waals surface area contributed by atoms with Gasteiger partial charge in [-0.2, -0.15) is 0 Å². The molecule has 4 aliphatic carbocycles. The SMILES string of the molecule is COC[C@@]1(O)CC[C@@]2(C)[C@H](CC[C@@H]3[C@@H]2CC[C@]2(C)[C@@H](C(C)=O)CC[C@@H]32)C1. The first-order chi connectivity index (χ1) is 12.2. The summed E-state index contributed by atoms with van der Waals surface area (Å²) >= 11 is 0. The van der Waals surface area contributed by atoms with E-state index < -0.39 is 5.60 Å². The van der Waals surface area contributed by atoms with Crippen molar-refractivity contribution in [3.63, 3.8) is 0 Å². The minimum Gasteiger partial charge on any atom is -0.387 e. The van der Waals surface area contributed by atoms with Crippen molar-refractivity contribution in [2.24, 2.45) is 40.4 Å². The summed E-state index contributed by atoms with van der Waals surface area (Å²) < 4.78 is 5.33. The van der Waals surface area contributed by atoms with Gasteiger partial charge < -0.3 is 9.84 Å². The van der Waals surface area contributed by atoms with Gasteiger partial charge in [0.2, 0.25) is 0 Å². The molecule has 4 saturated carbocycles. The van der Waals surface area contributed by atoms with Crippen LogP contribution in [0.3, 0.4) is 0 Å². The van der Waals surface area contributed by atoms with Crippen molar-refractivity contribution in [2.45, 2.75) is 84.2 Å². The molecular formula is C23H38O3. The molecule has 0 heterocycles. The van der Waals surface area contributed by atoms with Gasteiger partial charge in [0, 0.05) is 13.0 Å². The van der Waals surface area contributed by atoms with E-state index in [4.69, 9.17) is 4.74 Å². The summed E-state index contributed by atoms with van der Waals surface area (Å²) in [5, 5.41) is 10.9. The Kier molecular flexibility index (Phi) is 4.59. The summed E-state index contributed by atoms with van der Waals surface area (Å²) in [7, 11) is 1.70. The standard InChI is InChI=1S/C23H38O3/c1-15(24)18-7-8-19-17-6-5-16-13-23(25,14-26-4)12-11-21(16,2)20(17)9-10-22(18,19)3/h16-20,25H,5-14H2,1-4H3/t16-,17+,18-,19+,20+,21+,22-,23-/m1/s1. The average Bonchev–Trinajstić information content (AvgIpc) is 2.93. The Morgan fingerprint density at radius 1 is 1.00 bits per heavy atom. The van der Waals surface area contributed by atoms with Gasteiger partial charge in [0.05, 0.1) is 12.2 Å². The van der Waals surface area contributed by atoms with Crippen molar-refractivity contribution in [1.29, 1.82) is 0 Å². The summed E-state index contributed by atoms with van der Waals surface area (Å²) in [6.45, 7) is 7.26. The fourth-order valence-electron chi connectivity index (χ4n) is 8.39. The van der Waals surface area contributed by atoms with Gasteiger partial charge in [-0.25, -0.2) is 0 Å². The number of carbonyl (C=O) groups is 1. The molecule has 1 N–H and O–H groups in total. The van der Waals surface area contributed by atoms with Crippen LogP contribution in [0.1, 0.15) is 78.6 Å². The minimum absolute atomic E-state index is 0.252. The van der Waals surface area contributed by atoms with Crippen molar-refractivity contribution in [2.75, 3.05) is 13.7 Å². The van der Waals surface area contributed by atoms with Gasteiger partial charge in [-0.3, -0.25) is 4.79 Å². The number of ether oxygens (including phenoxy) is 1. The lowest BCUT2D eigenvalue weighted by Gasteiger charge is -2.62. The van der Waals surface area contributed by atoms with Crippen LogP contribution in [0, 0.1) is 40.4 Å². The predicted octanol–water partition coefficient (Wildman–Crippen LogP) is 4.61. The van der Waals surface area contributed by atoms with E-state index in [9.17, 15) is 9.90 Å². The molecular weight excluding hydrogens is 324 g/mol. The largest absolute Gasteiger partial charge is 0.387 e. The number of methoxy groups -OCH3 is 1. The molecule has 0 aromatic rings. The molecule has 148 valence electrons.